The zero-order chi connectivity index (χ0) is 31.6. The highest BCUT2D eigenvalue weighted by atomic mass is 79.9. The van der Waals surface area contributed by atoms with Crippen molar-refractivity contribution < 1.29 is 24.2 Å². The molecule has 44 heavy (non-hydrogen) atoms. The zero-order valence-electron chi connectivity index (χ0n) is 25.5. The number of amides is 3. The molecule has 0 aromatic heterocycles. The van der Waals surface area contributed by atoms with Crippen molar-refractivity contribution in [2.45, 2.75) is 62.1 Å². The molecule has 3 aliphatic heterocycles. The van der Waals surface area contributed by atoms with Gasteiger partial charge in [-0.25, -0.2) is 0 Å². The van der Waals surface area contributed by atoms with Crippen molar-refractivity contribution in [3.63, 3.8) is 0 Å². The smallest absolute Gasteiger partial charge is 0.253 e. The molecular weight excluding hydrogens is 622 g/mol. The van der Waals surface area contributed by atoms with E-state index in [2.05, 4.69) is 29.1 Å². The first kappa shape index (κ1) is 32.1. The van der Waals surface area contributed by atoms with Gasteiger partial charge >= 0.3 is 0 Å². The Balaban J connectivity index is 1.59. The average Bonchev–Trinajstić information content (AvgIpc) is 3.60. The molecule has 3 fully saturated rings. The molecule has 3 unspecified atom stereocenters. The average molecular weight is 665 g/mol. The molecule has 3 heterocycles. The lowest BCUT2D eigenvalue weighted by Crippen LogP contribution is -2.57. The number of halogens is 1. The number of para-hydroxylation sites is 2. The molecule has 1 N–H and O–H groups in total. The molecule has 3 aliphatic rings. The summed E-state index contributed by atoms with van der Waals surface area (Å²) in [5, 5.41) is 9.37. The minimum absolute atomic E-state index is 0.0633. The second-order valence-electron chi connectivity index (χ2n) is 12.0. The van der Waals surface area contributed by atoms with E-state index in [1.54, 1.807) is 26.9 Å². The van der Waals surface area contributed by atoms with Crippen LogP contribution in [0.4, 0.5) is 11.4 Å². The van der Waals surface area contributed by atoms with Crippen LogP contribution in [0.2, 0.25) is 0 Å². The summed E-state index contributed by atoms with van der Waals surface area (Å²) in [6.07, 6.45) is 5.18. The molecule has 9 heteroatoms. The summed E-state index contributed by atoms with van der Waals surface area (Å²) >= 11 is 3.79. The van der Waals surface area contributed by atoms with Crippen LogP contribution < -0.4 is 9.80 Å². The lowest BCUT2D eigenvalue weighted by atomic mass is 9.70. The summed E-state index contributed by atoms with van der Waals surface area (Å²) in [4.78, 5) is 48.7. The van der Waals surface area contributed by atoms with Crippen LogP contribution in [0, 0.1) is 25.7 Å². The highest BCUT2D eigenvalue weighted by Crippen LogP contribution is 2.60. The summed E-state index contributed by atoms with van der Waals surface area (Å²) in [6.45, 7) is 12.7. The van der Waals surface area contributed by atoms with Gasteiger partial charge < -0.3 is 24.5 Å². The van der Waals surface area contributed by atoms with E-state index < -0.39 is 29.6 Å². The van der Waals surface area contributed by atoms with Crippen LogP contribution in [0.3, 0.4) is 0 Å². The van der Waals surface area contributed by atoms with Crippen LogP contribution in [-0.4, -0.2) is 76.5 Å². The summed E-state index contributed by atoms with van der Waals surface area (Å²) in [6, 6.07) is 14.3. The van der Waals surface area contributed by atoms with Gasteiger partial charge in [0.05, 0.1) is 17.9 Å². The van der Waals surface area contributed by atoms with Gasteiger partial charge in [-0.3, -0.25) is 14.4 Å². The number of anilines is 2. The van der Waals surface area contributed by atoms with Gasteiger partial charge in [0.25, 0.3) is 5.91 Å². The third kappa shape index (κ3) is 5.43. The highest BCUT2D eigenvalue weighted by molar-refractivity contribution is 9.09. The number of unbranched alkanes of at least 4 members (excludes halogenated alkanes) is 2. The number of aliphatic hydroxyl groups is 1. The number of likely N-dealkylation sites (tertiary alicyclic amines) is 1. The van der Waals surface area contributed by atoms with Gasteiger partial charge in [0.15, 0.2) is 0 Å². The molecular formula is C35H42BrN3O5. The number of nitrogens with zero attached hydrogens (tertiary/aromatic N) is 3. The van der Waals surface area contributed by atoms with Gasteiger partial charge in [-0.05, 0) is 62.8 Å². The van der Waals surface area contributed by atoms with Crippen molar-refractivity contribution in [3.8, 4) is 0 Å². The number of hydrogen-bond donors (Lipinski definition) is 1. The largest absolute Gasteiger partial charge is 0.396 e. The van der Waals surface area contributed by atoms with Crippen molar-refractivity contribution >= 4 is 45.0 Å². The Morgan fingerprint density at radius 1 is 1.00 bits per heavy atom. The first-order valence-electron chi connectivity index (χ1n) is 15.4. The third-order valence-electron chi connectivity index (χ3n) is 9.30. The molecule has 2 bridgehead atoms. The van der Waals surface area contributed by atoms with Gasteiger partial charge in [0.1, 0.15) is 11.6 Å². The monoisotopic (exact) mass is 663 g/mol. The molecule has 2 aromatic rings. The van der Waals surface area contributed by atoms with Gasteiger partial charge in [-0.1, -0.05) is 64.5 Å². The molecule has 3 amide bonds. The van der Waals surface area contributed by atoms with E-state index in [0.717, 1.165) is 16.8 Å². The summed E-state index contributed by atoms with van der Waals surface area (Å²) < 4.78 is 6.78. The first-order valence-corrected chi connectivity index (χ1v) is 16.3. The minimum atomic E-state index is -1.17. The zero-order valence-corrected chi connectivity index (χ0v) is 27.1. The predicted molar refractivity (Wildman–Crippen MR) is 176 cm³/mol. The fourth-order valence-electron chi connectivity index (χ4n) is 7.54. The summed E-state index contributed by atoms with van der Waals surface area (Å²) in [5.41, 5.74) is 2.22. The van der Waals surface area contributed by atoms with E-state index in [1.165, 1.54) is 0 Å². The van der Waals surface area contributed by atoms with Crippen LogP contribution in [-0.2, 0) is 19.1 Å². The van der Waals surface area contributed by atoms with Crippen LogP contribution in [0.15, 0.2) is 73.8 Å². The van der Waals surface area contributed by atoms with Gasteiger partial charge in [-0.15, -0.1) is 13.2 Å². The van der Waals surface area contributed by atoms with Gasteiger partial charge in [0.2, 0.25) is 11.8 Å². The van der Waals surface area contributed by atoms with E-state index >= 15 is 0 Å². The Morgan fingerprint density at radius 3 is 2.30 bits per heavy atom. The Morgan fingerprint density at radius 2 is 1.66 bits per heavy atom. The fraction of sp³-hybridized carbons (Fsp3) is 0.457. The van der Waals surface area contributed by atoms with E-state index in [9.17, 15) is 19.5 Å². The number of carbonyl (C=O) groups is 3. The molecule has 0 radical (unpaired) electrons. The molecule has 0 saturated carbocycles. The number of rotatable bonds is 13. The van der Waals surface area contributed by atoms with Crippen LogP contribution in [0.5, 0.6) is 0 Å². The fourth-order valence-corrected chi connectivity index (χ4v) is 8.48. The molecule has 2 aromatic carbocycles. The minimum Gasteiger partial charge on any atom is -0.396 e. The van der Waals surface area contributed by atoms with Crippen LogP contribution in [0.1, 0.15) is 36.8 Å². The van der Waals surface area contributed by atoms with Crippen molar-refractivity contribution in [2.75, 3.05) is 36.0 Å². The molecule has 234 valence electrons. The van der Waals surface area contributed by atoms with Crippen molar-refractivity contribution in [2.24, 2.45) is 11.8 Å². The highest BCUT2D eigenvalue weighted by Gasteiger charge is 2.77. The SMILES string of the molecule is C=CCN(C(=O)[C@H]1[C@H]2C(=O)N(CCCCCO)C(C(=O)N(CC=C)c3c(C)cccc3C)C23CC(Br)[C@@H]1O3)c1ccccc1. The Labute approximate surface area is 268 Å². The number of fused-ring (bicyclic) bond motifs is 1. The lowest BCUT2D eigenvalue weighted by Gasteiger charge is -2.38. The topological polar surface area (TPSA) is 90.4 Å². The molecule has 5 rings (SSSR count). The molecule has 8 nitrogen and oxygen atoms in total. The Bertz CT molecular complexity index is 1400. The maximum absolute atomic E-state index is 14.9. The summed E-state index contributed by atoms with van der Waals surface area (Å²) in [7, 11) is 0. The maximum Gasteiger partial charge on any atom is 0.253 e. The van der Waals surface area contributed by atoms with Gasteiger partial charge in [0, 0.05) is 42.4 Å². The van der Waals surface area contributed by atoms with Crippen molar-refractivity contribution in [1.82, 2.24) is 4.90 Å². The third-order valence-corrected chi connectivity index (χ3v) is 10.1. The van der Waals surface area contributed by atoms with Gasteiger partial charge in [-0.2, -0.15) is 0 Å². The van der Waals surface area contributed by atoms with E-state index in [-0.39, 0.29) is 42.2 Å². The number of hydrogen-bond acceptors (Lipinski definition) is 5. The second-order valence-corrected chi connectivity index (χ2v) is 13.2. The Hall–Kier alpha value is -3.27. The van der Waals surface area contributed by atoms with E-state index in [4.69, 9.17) is 4.74 Å². The molecule has 0 aliphatic carbocycles. The lowest BCUT2D eigenvalue weighted by molar-refractivity contribution is -0.140. The number of aliphatic hydroxyl groups excluding tert-OH is 1. The van der Waals surface area contributed by atoms with Crippen LogP contribution >= 0.6 is 15.9 Å². The molecule has 1 spiro atoms. The second kappa shape index (κ2) is 13.4. The van der Waals surface area contributed by atoms with Crippen molar-refractivity contribution in [1.29, 1.82) is 0 Å². The number of alkyl halides is 1. The number of carbonyl (C=O) groups excluding carboxylic acids is 3. The van der Waals surface area contributed by atoms with Crippen molar-refractivity contribution in [3.05, 3.63) is 85.0 Å². The van der Waals surface area contributed by atoms with E-state index in [1.807, 2.05) is 62.4 Å². The maximum atomic E-state index is 14.9. The standard InChI is InChI=1S/C35H42BrN3O5/c1-5-18-37(25-16-9-7-10-17-25)32(41)27-28-33(42)39(20-11-8-12-21-40)31(35(28)22-26(36)30(27)44-35)34(43)38(19-6-2)29-23(3)14-13-15-24(29)4/h5-7,9-10,13-17,26-28,30-31,40H,1-2,8,11-12,18-22H2,3-4H3/t26?,27-,28-,30-,31?,35?/m0/s1. The van der Waals surface area contributed by atoms with E-state index in [0.29, 0.717) is 37.9 Å². The molecule has 3 saturated heterocycles. The van der Waals surface area contributed by atoms with Crippen LogP contribution in [0.25, 0.3) is 0 Å². The normalized spacial score (nSPS) is 26.9. The first-order chi connectivity index (χ1) is 21.2. The summed E-state index contributed by atoms with van der Waals surface area (Å²) in [5.74, 6) is -2.25. The predicted octanol–water partition coefficient (Wildman–Crippen LogP) is 4.95. The number of benzene rings is 2. The number of aryl methyl sites for hydroxylation is 2. The quantitative estimate of drug-likeness (QED) is 0.186. The Kier molecular flexibility index (Phi) is 9.77. The number of ether oxygens (including phenoxy) is 1. The molecule has 6 atom stereocenters.